The number of para-hydroxylation sites is 1. The first kappa shape index (κ1) is 25.8. The fourth-order valence-corrected chi connectivity index (χ4v) is 4.46. The number of aryl methyl sites for hydroxylation is 1. The van der Waals surface area contributed by atoms with Gasteiger partial charge in [0.2, 0.25) is 0 Å². The Kier molecular flexibility index (Phi) is 9.01. The Morgan fingerprint density at radius 2 is 1.58 bits per heavy atom. The maximum atomic E-state index is 13.1. The summed E-state index contributed by atoms with van der Waals surface area (Å²) in [4.78, 5) is 30.4. The molecule has 0 saturated heterocycles. The van der Waals surface area contributed by atoms with Crippen molar-refractivity contribution in [3.63, 3.8) is 0 Å². The number of carbonyl (C=O) groups is 2. The SMILES string of the molecule is CCCCCCCc1ccc(-c2cc(C(=O)OCC(=O)c3ccc(Br)cc3)c3ccccc3n2)cc1. The Labute approximate surface area is 220 Å². The van der Waals surface area contributed by atoms with E-state index >= 15 is 0 Å². The second-order valence-corrected chi connectivity index (χ2v) is 9.86. The van der Waals surface area contributed by atoms with Crippen molar-refractivity contribution >= 4 is 38.6 Å². The maximum Gasteiger partial charge on any atom is 0.339 e. The highest BCUT2D eigenvalue weighted by atomic mass is 79.9. The quantitative estimate of drug-likeness (QED) is 0.108. The third-order valence-electron chi connectivity index (χ3n) is 6.26. The topological polar surface area (TPSA) is 56.3 Å². The van der Waals surface area contributed by atoms with Crippen LogP contribution >= 0.6 is 15.9 Å². The number of rotatable bonds is 11. The first-order valence-corrected chi connectivity index (χ1v) is 13.3. The van der Waals surface area contributed by atoms with Crippen LogP contribution in [0.5, 0.6) is 0 Å². The molecular weight excluding hydrogens is 514 g/mol. The number of aromatic nitrogens is 1. The molecule has 4 aromatic rings. The van der Waals surface area contributed by atoms with E-state index in [4.69, 9.17) is 9.72 Å². The van der Waals surface area contributed by atoms with Gasteiger partial charge in [0.05, 0.1) is 16.8 Å². The van der Waals surface area contributed by atoms with Crippen molar-refractivity contribution in [2.45, 2.75) is 45.4 Å². The van der Waals surface area contributed by atoms with E-state index in [1.54, 1.807) is 30.3 Å². The van der Waals surface area contributed by atoms with Gasteiger partial charge in [0, 0.05) is 21.0 Å². The standard InChI is InChI=1S/C31H30BrNO3/c1-2-3-4-5-6-9-22-12-14-23(15-13-22)29-20-27(26-10-7-8-11-28(26)33-29)31(35)36-21-30(34)24-16-18-25(32)19-17-24/h7-8,10-20H,2-6,9,21H2,1H3. The van der Waals surface area contributed by atoms with Crippen LogP contribution in [-0.2, 0) is 11.2 Å². The van der Waals surface area contributed by atoms with E-state index in [0.717, 1.165) is 16.5 Å². The largest absolute Gasteiger partial charge is 0.454 e. The maximum absolute atomic E-state index is 13.1. The molecule has 0 spiro atoms. The molecule has 184 valence electrons. The molecule has 0 fully saturated rings. The average Bonchev–Trinajstić information content (AvgIpc) is 2.91. The predicted octanol–water partition coefficient (Wildman–Crippen LogP) is 8.22. The minimum absolute atomic E-state index is 0.250. The second kappa shape index (κ2) is 12.6. The number of esters is 1. The summed E-state index contributed by atoms with van der Waals surface area (Å²) in [6, 6.07) is 24.6. The van der Waals surface area contributed by atoms with Gasteiger partial charge < -0.3 is 4.74 Å². The van der Waals surface area contributed by atoms with Gasteiger partial charge in [0.15, 0.2) is 12.4 Å². The number of ether oxygens (including phenoxy) is 1. The van der Waals surface area contributed by atoms with Crippen LogP contribution in [-0.4, -0.2) is 23.3 Å². The van der Waals surface area contributed by atoms with Gasteiger partial charge in [-0.05, 0) is 42.7 Å². The van der Waals surface area contributed by atoms with Crippen LogP contribution in [0.2, 0.25) is 0 Å². The molecule has 1 heterocycles. The first-order valence-electron chi connectivity index (χ1n) is 12.5. The van der Waals surface area contributed by atoms with Crippen molar-refractivity contribution in [2.75, 3.05) is 6.61 Å². The van der Waals surface area contributed by atoms with Crippen molar-refractivity contribution in [2.24, 2.45) is 0 Å². The smallest absolute Gasteiger partial charge is 0.339 e. The average molecular weight is 544 g/mol. The van der Waals surface area contributed by atoms with Crippen LogP contribution in [0.1, 0.15) is 65.3 Å². The number of hydrogen-bond donors (Lipinski definition) is 0. The lowest BCUT2D eigenvalue weighted by Gasteiger charge is -2.11. The molecular formula is C31H30BrNO3. The Morgan fingerprint density at radius 3 is 2.33 bits per heavy atom. The van der Waals surface area contributed by atoms with Gasteiger partial charge in [-0.25, -0.2) is 9.78 Å². The summed E-state index contributed by atoms with van der Waals surface area (Å²) in [7, 11) is 0. The fraction of sp³-hybridized carbons (Fsp3) is 0.258. The van der Waals surface area contributed by atoms with Gasteiger partial charge in [-0.1, -0.05) is 103 Å². The van der Waals surface area contributed by atoms with Crippen LogP contribution in [0.15, 0.2) is 83.3 Å². The minimum atomic E-state index is -0.538. The number of unbranched alkanes of at least 4 members (excludes halogenated alkanes) is 4. The molecule has 36 heavy (non-hydrogen) atoms. The summed E-state index contributed by atoms with van der Waals surface area (Å²) < 4.78 is 6.32. The molecule has 5 heteroatoms. The molecule has 0 bridgehead atoms. The number of pyridine rings is 1. The molecule has 4 nitrogen and oxygen atoms in total. The number of halogens is 1. The van der Waals surface area contributed by atoms with Crippen LogP contribution < -0.4 is 0 Å². The van der Waals surface area contributed by atoms with Crippen molar-refractivity contribution in [3.05, 3.63) is 100 Å². The van der Waals surface area contributed by atoms with Crippen LogP contribution in [0.25, 0.3) is 22.2 Å². The molecule has 0 radical (unpaired) electrons. The van der Waals surface area contributed by atoms with Crippen LogP contribution in [0.3, 0.4) is 0 Å². The van der Waals surface area contributed by atoms with Crippen molar-refractivity contribution < 1.29 is 14.3 Å². The third-order valence-corrected chi connectivity index (χ3v) is 6.78. The van der Waals surface area contributed by atoms with Crippen molar-refractivity contribution in [3.8, 4) is 11.3 Å². The molecule has 3 aromatic carbocycles. The zero-order valence-corrected chi connectivity index (χ0v) is 22.1. The van der Waals surface area contributed by atoms with Crippen LogP contribution in [0.4, 0.5) is 0 Å². The summed E-state index contributed by atoms with van der Waals surface area (Å²) in [5.41, 5.74) is 4.56. The molecule has 0 aliphatic heterocycles. The van der Waals surface area contributed by atoms with E-state index in [9.17, 15) is 9.59 Å². The Bertz CT molecular complexity index is 1330. The first-order chi connectivity index (χ1) is 17.5. The lowest BCUT2D eigenvalue weighted by molar-refractivity contribution is 0.0476. The number of fused-ring (bicyclic) bond motifs is 1. The number of ketones is 1. The van der Waals surface area contributed by atoms with E-state index in [-0.39, 0.29) is 12.4 Å². The van der Waals surface area contributed by atoms with E-state index < -0.39 is 5.97 Å². The Balaban J connectivity index is 1.50. The van der Waals surface area contributed by atoms with Crippen molar-refractivity contribution in [1.29, 1.82) is 0 Å². The Hall–Kier alpha value is -3.31. The molecule has 0 saturated carbocycles. The molecule has 0 aliphatic carbocycles. The second-order valence-electron chi connectivity index (χ2n) is 8.94. The summed E-state index contributed by atoms with van der Waals surface area (Å²) >= 11 is 3.36. The van der Waals surface area contributed by atoms with Gasteiger partial charge in [-0.3, -0.25) is 4.79 Å². The minimum Gasteiger partial charge on any atom is -0.454 e. The molecule has 0 atom stereocenters. The lowest BCUT2D eigenvalue weighted by atomic mass is 10.0. The van der Waals surface area contributed by atoms with Gasteiger partial charge >= 0.3 is 5.97 Å². The molecule has 0 N–H and O–H groups in total. The summed E-state index contributed by atoms with van der Waals surface area (Å²) in [6.07, 6.45) is 7.38. The van der Waals surface area contributed by atoms with Gasteiger partial charge in [0.1, 0.15) is 0 Å². The highest BCUT2D eigenvalue weighted by Crippen LogP contribution is 2.26. The predicted molar refractivity (Wildman–Crippen MR) is 148 cm³/mol. The van der Waals surface area contributed by atoms with Gasteiger partial charge in [0.25, 0.3) is 0 Å². The number of carbonyl (C=O) groups excluding carboxylic acids is 2. The monoisotopic (exact) mass is 543 g/mol. The number of nitrogens with zero attached hydrogens (tertiary/aromatic N) is 1. The normalized spacial score (nSPS) is 10.9. The molecule has 4 rings (SSSR count). The molecule has 0 amide bonds. The number of hydrogen-bond acceptors (Lipinski definition) is 4. The Morgan fingerprint density at radius 1 is 0.861 bits per heavy atom. The summed E-state index contributed by atoms with van der Waals surface area (Å²) in [5.74, 6) is -0.788. The van der Waals surface area contributed by atoms with E-state index in [1.165, 1.54) is 37.7 Å². The van der Waals surface area contributed by atoms with Gasteiger partial charge in [-0.2, -0.15) is 0 Å². The highest BCUT2D eigenvalue weighted by molar-refractivity contribution is 9.10. The zero-order valence-electron chi connectivity index (χ0n) is 20.5. The van der Waals surface area contributed by atoms with E-state index in [1.807, 2.05) is 24.3 Å². The lowest BCUT2D eigenvalue weighted by Crippen LogP contribution is -2.15. The molecule has 0 aliphatic rings. The highest BCUT2D eigenvalue weighted by Gasteiger charge is 2.17. The fourth-order valence-electron chi connectivity index (χ4n) is 4.19. The number of benzene rings is 3. The van der Waals surface area contributed by atoms with Crippen molar-refractivity contribution in [1.82, 2.24) is 4.98 Å². The molecule has 1 aromatic heterocycles. The summed E-state index contributed by atoms with van der Waals surface area (Å²) in [6.45, 7) is 1.91. The zero-order chi connectivity index (χ0) is 25.3. The number of Topliss-reactive ketones (excluding diaryl/α,β-unsaturated/α-hetero) is 1. The summed E-state index contributed by atoms with van der Waals surface area (Å²) in [5, 5.41) is 0.700. The van der Waals surface area contributed by atoms with Gasteiger partial charge in [-0.15, -0.1) is 0 Å². The third kappa shape index (κ3) is 6.67. The van der Waals surface area contributed by atoms with Crippen LogP contribution in [0, 0.1) is 0 Å². The van der Waals surface area contributed by atoms with E-state index in [0.29, 0.717) is 27.7 Å². The van der Waals surface area contributed by atoms with E-state index in [2.05, 4.69) is 47.1 Å². The molecule has 0 unspecified atom stereocenters.